The maximum atomic E-state index is 11.8. The monoisotopic (exact) mass is 307 g/mol. The van der Waals surface area contributed by atoms with Crippen molar-refractivity contribution in [3.63, 3.8) is 0 Å². The molecule has 102 valence electrons. The molecule has 0 saturated heterocycles. The number of amides is 1. The molecule has 0 aliphatic rings. The van der Waals surface area contributed by atoms with Crippen molar-refractivity contribution >= 4 is 35.3 Å². The Kier molecular flexibility index (Phi) is 4.71. The van der Waals surface area contributed by atoms with Crippen LogP contribution >= 0.6 is 23.2 Å². The fourth-order valence-corrected chi connectivity index (χ4v) is 1.80. The molecule has 1 amide bonds. The highest BCUT2D eigenvalue weighted by Crippen LogP contribution is 2.24. The molecule has 1 N–H and O–H groups in total. The molecular formula is C14H11Cl2N3O. The molecule has 0 unspecified atom stereocenters. The van der Waals surface area contributed by atoms with Gasteiger partial charge in [-0.2, -0.15) is 5.10 Å². The number of halogens is 2. The summed E-state index contributed by atoms with van der Waals surface area (Å²) in [7, 11) is 0. The van der Waals surface area contributed by atoms with Gasteiger partial charge in [-0.05, 0) is 25.1 Å². The maximum absolute atomic E-state index is 11.8. The number of rotatable bonds is 3. The minimum Gasteiger partial charge on any atom is -0.267 e. The molecule has 6 heteroatoms. The topological polar surface area (TPSA) is 54.4 Å². The van der Waals surface area contributed by atoms with E-state index in [0.29, 0.717) is 21.2 Å². The molecule has 0 saturated carbocycles. The van der Waals surface area contributed by atoms with Crippen LogP contribution in [0.3, 0.4) is 0 Å². The highest BCUT2D eigenvalue weighted by atomic mass is 35.5. The van der Waals surface area contributed by atoms with Crippen LogP contribution in [0, 0.1) is 6.92 Å². The Morgan fingerprint density at radius 3 is 2.80 bits per heavy atom. The number of carbonyl (C=O) groups excluding carboxylic acids is 1. The number of hydrogen-bond acceptors (Lipinski definition) is 3. The van der Waals surface area contributed by atoms with Crippen LogP contribution in [-0.4, -0.2) is 17.1 Å². The number of hydrazone groups is 1. The van der Waals surface area contributed by atoms with Gasteiger partial charge in [0.15, 0.2) is 0 Å². The Balaban J connectivity index is 2.04. The molecule has 1 aromatic heterocycles. The van der Waals surface area contributed by atoms with Gasteiger partial charge in [0.1, 0.15) is 0 Å². The molecule has 0 aliphatic heterocycles. The van der Waals surface area contributed by atoms with E-state index in [0.717, 1.165) is 5.69 Å². The van der Waals surface area contributed by atoms with Crippen molar-refractivity contribution in [2.24, 2.45) is 5.10 Å². The highest BCUT2D eigenvalue weighted by molar-refractivity contribution is 6.43. The number of aromatic nitrogens is 1. The van der Waals surface area contributed by atoms with Crippen molar-refractivity contribution in [3.05, 3.63) is 63.4 Å². The summed E-state index contributed by atoms with van der Waals surface area (Å²) < 4.78 is 0. The normalized spacial score (nSPS) is 10.8. The first-order valence-corrected chi connectivity index (χ1v) is 6.53. The Morgan fingerprint density at radius 1 is 1.30 bits per heavy atom. The van der Waals surface area contributed by atoms with Gasteiger partial charge in [-0.1, -0.05) is 35.3 Å². The van der Waals surface area contributed by atoms with Crippen molar-refractivity contribution in [1.29, 1.82) is 0 Å². The number of carbonyl (C=O) groups is 1. The largest absolute Gasteiger partial charge is 0.272 e. The van der Waals surface area contributed by atoms with Crippen molar-refractivity contribution in [2.45, 2.75) is 6.92 Å². The third-order valence-electron chi connectivity index (χ3n) is 2.52. The fourth-order valence-electron chi connectivity index (χ4n) is 1.45. The van der Waals surface area contributed by atoms with Crippen molar-refractivity contribution < 1.29 is 4.79 Å². The van der Waals surface area contributed by atoms with Crippen molar-refractivity contribution in [3.8, 4) is 0 Å². The number of hydrogen-bond donors (Lipinski definition) is 1. The molecule has 2 aromatic rings. The van der Waals surface area contributed by atoms with Crippen LogP contribution in [0.4, 0.5) is 0 Å². The molecule has 4 nitrogen and oxygen atoms in total. The van der Waals surface area contributed by atoms with E-state index in [1.165, 1.54) is 12.4 Å². The average Bonchev–Trinajstić information content (AvgIpc) is 2.44. The van der Waals surface area contributed by atoms with E-state index in [1.807, 2.05) is 6.92 Å². The summed E-state index contributed by atoms with van der Waals surface area (Å²) >= 11 is 11.9. The van der Waals surface area contributed by atoms with Crippen LogP contribution in [0.2, 0.25) is 10.0 Å². The van der Waals surface area contributed by atoms with Crippen LogP contribution < -0.4 is 5.43 Å². The third kappa shape index (κ3) is 3.56. The lowest BCUT2D eigenvalue weighted by atomic mass is 10.2. The number of benzene rings is 1. The SMILES string of the molecule is Cc1ccc(C(=O)N/N=C/c2cccc(Cl)c2Cl)cn1. The minimum atomic E-state index is -0.341. The zero-order valence-electron chi connectivity index (χ0n) is 10.6. The van der Waals surface area contributed by atoms with Crippen LogP contribution in [0.5, 0.6) is 0 Å². The first-order valence-electron chi connectivity index (χ1n) is 5.78. The Labute approximate surface area is 126 Å². The quantitative estimate of drug-likeness (QED) is 0.697. The third-order valence-corrected chi connectivity index (χ3v) is 3.36. The maximum Gasteiger partial charge on any atom is 0.272 e. The number of nitrogens with one attached hydrogen (secondary N) is 1. The van der Waals surface area contributed by atoms with Gasteiger partial charge in [0.25, 0.3) is 5.91 Å². The molecule has 0 bridgehead atoms. The summed E-state index contributed by atoms with van der Waals surface area (Å²) in [6, 6.07) is 8.61. The molecule has 20 heavy (non-hydrogen) atoms. The van der Waals surface area contributed by atoms with E-state index < -0.39 is 0 Å². The molecule has 0 aliphatic carbocycles. The fraction of sp³-hybridized carbons (Fsp3) is 0.0714. The predicted molar refractivity (Wildman–Crippen MR) is 80.5 cm³/mol. The van der Waals surface area contributed by atoms with E-state index in [2.05, 4.69) is 15.5 Å². The number of nitrogens with zero attached hydrogens (tertiary/aromatic N) is 2. The van der Waals surface area contributed by atoms with Gasteiger partial charge >= 0.3 is 0 Å². The van der Waals surface area contributed by atoms with Gasteiger partial charge in [-0.15, -0.1) is 0 Å². The lowest BCUT2D eigenvalue weighted by Crippen LogP contribution is -2.17. The summed E-state index contributed by atoms with van der Waals surface area (Å²) in [5.41, 5.74) is 4.31. The smallest absolute Gasteiger partial charge is 0.267 e. The number of pyridine rings is 1. The van der Waals surface area contributed by atoms with Crippen molar-refractivity contribution in [2.75, 3.05) is 0 Å². The van der Waals surface area contributed by atoms with Gasteiger partial charge in [0.05, 0.1) is 21.8 Å². The van der Waals surface area contributed by atoms with Gasteiger partial charge in [-0.3, -0.25) is 9.78 Å². The molecule has 1 aromatic carbocycles. The molecule has 0 radical (unpaired) electrons. The molecule has 0 fully saturated rings. The van der Waals surface area contributed by atoms with Crippen LogP contribution in [-0.2, 0) is 0 Å². The van der Waals surface area contributed by atoms with Gasteiger partial charge in [0, 0.05) is 17.5 Å². The lowest BCUT2D eigenvalue weighted by Gasteiger charge is -2.01. The molecular weight excluding hydrogens is 297 g/mol. The second-order valence-electron chi connectivity index (χ2n) is 4.03. The first-order chi connectivity index (χ1) is 9.58. The summed E-state index contributed by atoms with van der Waals surface area (Å²) in [4.78, 5) is 15.8. The van der Waals surface area contributed by atoms with Crippen LogP contribution in [0.1, 0.15) is 21.6 Å². The molecule has 1 heterocycles. The van der Waals surface area contributed by atoms with E-state index in [9.17, 15) is 4.79 Å². The van der Waals surface area contributed by atoms with E-state index in [-0.39, 0.29) is 5.91 Å². The predicted octanol–water partition coefficient (Wildman–Crippen LogP) is 3.46. The van der Waals surface area contributed by atoms with Gasteiger partial charge < -0.3 is 0 Å². The first kappa shape index (κ1) is 14.5. The second-order valence-corrected chi connectivity index (χ2v) is 4.82. The van der Waals surface area contributed by atoms with E-state index >= 15 is 0 Å². The molecule has 2 rings (SSSR count). The molecule has 0 atom stereocenters. The standard InChI is InChI=1S/C14H11Cl2N3O/c1-9-5-6-11(7-17-9)14(20)19-18-8-10-3-2-4-12(15)13(10)16/h2-8H,1H3,(H,19,20)/b18-8+. The summed E-state index contributed by atoms with van der Waals surface area (Å²) in [5, 5.41) is 4.67. The Morgan fingerprint density at radius 2 is 2.10 bits per heavy atom. The zero-order chi connectivity index (χ0) is 14.5. The summed E-state index contributed by atoms with van der Waals surface area (Å²) in [6.07, 6.45) is 2.93. The zero-order valence-corrected chi connectivity index (χ0v) is 12.1. The van der Waals surface area contributed by atoms with Gasteiger partial charge in [-0.25, -0.2) is 5.43 Å². The Bertz CT molecular complexity index is 654. The second kappa shape index (κ2) is 6.50. The summed E-state index contributed by atoms with van der Waals surface area (Å²) in [5.74, 6) is -0.341. The highest BCUT2D eigenvalue weighted by Gasteiger charge is 2.04. The Hall–Kier alpha value is -1.91. The van der Waals surface area contributed by atoms with Crippen LogP contribution in [0.15, 0.2) is 41.6 Å². The lowest BCUT2D eigenvalue weighted by molar-refractivity contribution is 0.0955. The van der Waals surface area contributed by atoms with Gasteiger partial charge in [0.2, 0.25) is 0 Å². The molecule has 0 spiro atoms. The van der Waals surface area contributed by atoms with E-state index in [4.69, 9.17) is 23.2 Å². The summed E-state index contributed by atoms with van der Waals surface area (Å²) in [6.45, 7) is 1.85. The minimum absolute atomic E-state index is 0.341. The number of aryl methyl sites for hydroxylation is 1. The van der Waals surface area contributed by atoms with Crippen LogP contribution in [0.25, 0.3) is 0 Å². The van der Waals surface area contributed by atoms with E-state index in [1.54, 1.807) is 30.3 Å². The average molecular weight is 308 g/mol. The van der Waals surface area contributed by atoms with Crippen molar-refractivity contribution in [1.82, 2.24) is 10.4 Å².